The van der Waals surface area contributed by atoms with E-state index < -0.39 is 9.84 Å². The Hall–Kier alpha value is -2.58. The van der Waals surface area contributed by atoms with Crippen LogP contribution in [0.4, 0.5) is 0 Å². The third-order valence-electron chi connectivity index (χ3n) is 6.03. The van der Waals surface area contributed by atoms with Gasteiger partial charge in [0, 0.05) is 6.54 Å². The fraction of sp³-hybridized carbons (Fsp3) is 0.500. The molecule has 0 amide bonds. The highest BCUT2D eigenvalue weighted by molar-refractivity contribution is 7.91. The van der Waals surface area contributed by atoms with E-state index in [4.69, 9.17) is 14.2 Å². The van der Waals surface area contributed by atoms with E-state index >= 15 is 0 Å². The van der Waals surface area contributed by atoms with Gasteiger partial charge in [0.2, 0.25) is 9.84 Å². The van der Waals surface area contributed by atoms with Gasteiger partial charge in [-0.15, -0.1) is 0 Å². The molecule has 0 saturated carbocycles. The fourth-order valence-corrected chi connectivity index (χ4v) is 5.46. The second-order valence-electron chi connectivity index (χ2n) is 8.46. The van der Waals surface area contributed by atoms with Gasteiger partial charge < -0.3 is 14.2 Å². The van der Waals surface area contributed by atoms with Crippen molar-refractivity contribution in [2.24, 2.45) is 5.92 Å². The van der Waals surface area contributed by atoms with Gasteiger partial charge in [0.25, 0.3) is 0 Å². The zero-order valence-electron chi connectivity index (χ0n) is 20.3. The van der Waals surface area contributed by atoms with Crippen LogP contribution in [0.3, 0.4) is 0 Å². The van der Waals surface area contributed by atoms with Crippen LogP contribution in [0.15, 0.2) is 52.3 Å². The lowest BCUT2D eigenvalue weighted by atomic mass is 9.96. The molecule has 1 heterocycles. The first-order chi connectivity index (χ1) is 16.4. The molecule has 1 saturated heterocycles. The van der Waals surface area contributed by atoms with Crippen LogP contribution in [0.25, 0.3) is 0 Å². The summed E-state index contributed by atoms with van der Waals surface area (Å²) in [5.41, 5.74) is 0.963. The summed E-state index contributed by atoms with van der Waals surface area (Å²) in [6.45, 7) is 7.17. The number of benzene rings is 2. The van der Waals surface area contributed by atoms with E-state index in [0.717, 1.165) is 44.3 Å². The summed E-state index contributed by atoms with van der Waals surface area (Å²) in [5.74, 6) is 0.823. The minimum atomic E-state index is -3.74. The number of hydrogen-bond donors (Lipinski definition) is 0. The van der Waals surface area contributed by atoms with Crippen molar-refractivity contribution in [3.8, 4) is 11.5 Å². The maximum absolute atomic E-state index is 13.3. The number of piperidine rings is 1. The fourth-order valence-electron chi connectivity index (χ4n) is 4.05. The summed E-state index contributed by atoms with van der Waals surface area (Å²) < 4.78 is 42.8. The number of carbonyl (C=O) groups excluding carboxylic acids is 1. The van der Waals surface area contributed by atoms with E-state index in [9.17, 15) is 13.2 Å². The molecule has 2 aromatic carbocycles. The molecule has 0 spiro atoms. The number of hydrogen-bond acceptors (Lipinski definition) is 7. The molecule has 1 fully saturated rings. The summed E-state index contributed by atoms with van der Waals surface area (Å²) >= 11 is 0. The molecule has 0 bridgehead atoms. The molecule has 0 unspecified atom stereocenters. The standard InChI is InChI=1S/C26H35NO6S/c1-4-6-17-33-22-8-10-23(11-9-22)34(29,30)25-12-7-20(18-24(25)31-3)19-27-15-13-21(14-16-27)26(28)32-5-2/h7-12,18,21H,4-6,13-17,19H2,1-3H3. The molecule has 7 nitrogen and oxygen atoms in total. The summed E-state index contributed by atoms with van der Waals surface area (Å²) in [6, 6.07) is 11.7. The summed E-state index contributed by atoms with van der Waals surface area (Å²) in [5, 5.41) is 0. The van der Waals surface area contributed by atoms with E-state index in [1.807, 2.05) is 13.0 Å². The van der Waals surface area contributed by atoms with Crippen LogP contribution in [0.5, 0.6) is 11.5 Å². The van der Waals surface area contributed by atoms with Crippen molar-refractivity contribution in [3.63, 3.8) is 0 Å². The summed E-state index contributed by atoms with van der Waals surface area (Å²) in [4.78, 5) is 14.5. The van der Waals surface area contributed by atoms with Crippen LogP contribution in [-0.4, -0.2) is 52.7 Å². The molecule has 0 N–H and O–H groups in total. The third kappa shape index (κ3) is 6.51. The summed E-state index contributed by atoms with van der Waals surface area (Å²) in [6.07, 6.45) is 3.52. The van der Waals surface area contributed by atoms with Gasteiger partial charge in [-0.05, 0) is 81.2 Å². The Balaban J connectivity index is 1.68. The predicted molar refractivity (Wildman–Crippen MR) is 130 cm³/mol. The largest absolute Gasteiger partial charge is 0.495 e. The molecule has 0 atom stereocenters. The molecule has 0 radical (unpaired) electrons. The van der Waals surface area contributed by atoms with Crippen LogP contribution in [-0.2, 0) is 25.9 Å². The number of esters is 1. The van der Waals surface area contributed by atoms with Crippen molar-refractivity contribution in [3.05, 3.63) is 48.0 Å². The lowest BCUT2D eigenvalue weighted by molar-refractivity contribution is -0.149. The van der Waals surface area contributed by atoms with E-state index in [-0.39, 0.29) is 21.7 Å². The Labute approximate surface area is 202 Å². The molecule has 8 heteroatoms. The van der Waals surface area contributed by atoms with Crippen molar-refractivity contribution >= 4 is 15.8 Å². The number of nitrogens with zero attached hydrogens (tertiary/aromatic N) is 1. The third-order valence-corrected chi connectivity index (χ3v) is 7.84. The van der Waals surface area contributed by atoms with Gasteiger partial charge in [0.1, 0.15) is 16.4 Å². The smallest absolute Gasteiger partial charge is 0.309 e. The quantitative estimate of drug-likeness (QED) is 0.340. The highest BCUT2D eigenvalue weighted by atomic mass is 32.2. The topological polar surface area (TPSA) is 82.1 Å². The first kappa shape index (κ1) is 26.0. The van der Waals surface area contributed by atoms with Crippen LogP contribution in [0.1, 0.15) is 45.1 Å². The van der Waals surface area contributed by atoms with Crippen LogP contribution < -0.4 is 9.47 Å². The Bertz CT molecular complexity index is 1040. The molecule has 0 aliphatic carbocycles. The lowest BCUT2D eigenvalue weighted by Crippen LogP contribution is -2.36. The Morgan fingerprint density at radius 2 is 1.76 bits per heavy atom. The van der Waals surface area contributed by atoms with Gasteiger partial charge in [-0.3, -0.25) is 9.69 Å². The minimum Gasteiger partial charge on any atom is -0.495 e. The van der Waals surface area contributed by atoms with Crippen molar-refractivity contribution in [2.75, 3.05) is 33.4 Å². The van der Waals surface area contributed by atoms with Crippen molar-refractivity contribution in [1.29, 1.82) is 0 Å². The minimum absolute atomic E-state index is 0.0401. The highest BCUT2D eigenvalue weighted by Gasteiger charge is 2.27. The molecule has 0 aromatic heterocycles. The Kier molecular flexibility index (Phi) is 9.36. The van der Waals surface area contributed by atoms with Gasteiger partial charge in [0.15, 0.2) is 0 Å². The monoisotopic (exact) mass is 489 g/mol. The van der Waals surface area contributed by atoms with Gasteiger partial charge >= 0.3 is 5.97 Å². The van der Waals surface area contributed by atoms with Gasteiger partial charge in [-0.25, -0.2) is 8.42 Å². The number of carbonyl (C=O) groups is 1. The SMILES string of the molecule is CCCCOc1ccc(S(=O)(=O)c2ccc(CN3CCC(C(=O)OCC)CC3)cc2OC)cc1. The molecule has 1 aliphatic rings. The van der Waals surface area contributed by atoms with E-state index in [1.165, 1.54) is 7.11 Å². The first-order valence-electron chi connectivity index (χ1n) is 11.9. The van der Waals surface area contributed by atoms with Crippen LogP contribution in [0.2, 0.25) is 0 Å². The first-order valence-corrected chi connectivity index (χ1v) is 13.4. The molecule has 1 aliphatic heterocycles. The molecular weight excluding hydrogens is 454 g/mol. The number of unbranched alkanes of at least 4 members (excludes halogenated alkanes) is 1. The number of rotatable bonds is 11. The highest BCUT2D eigenvalue weighted by Crippen LogP contribution is 2.32. The van der Waals surface area contributed by atoms with E-state index in [0.29, 0.717) is 31.3 Å². The van der Waals surface area contributed by atoms with Gasteiger partial charge in [0.05, 0.1) is 31.1 Å². The Morgan fingerprint density at radius 1 is 1.06 bits per heavy atom. The van der Waals surface area contributed by atoms with Crippen LogP contribution >= 0.6 is 0 Å². The second kappa shape index (κ2) is 12.2. The van der Waals surface area contributed by atoms with E-state index in [1.54, 1.807) is 36.4 Å². The molecule has 34 heavy (non-hydrogen) atoms. The summed E-state index contributed by atoms with van der Waals surface area (Å²) in [7, 11) is -2.26. The number of methoxy groups -OCH3 is 1. The van der Waals surface area contributed by atoms with Crippen molar-refractivity contribution < 1.29 is 27.4 Å². The maximum atomic E-state index is 13.3. The number of sulfone groups is 1. The van der Waals surface area contributed by atoms with Gasteiger partial charge in [-0.1, -0.05) is 19.4 Å². The van der Waals surface area contributed by atoms with Crippen molar-refractivity contribution in [1.82, 2.24) is 4.90 Å². The maximum Gasteiger partial charge on any atom is 0.309 e. The second-order valence-corrected chi connectivity index (χ2v) is 10.4. The molecular formula is C26H35NO6S. The normalized spacial score (nSPS) is 15.1. The average Bonchev–Trinajstić information content (AvgIpc) is 2.85. The van der Waals surface area contributed by atoms with Crippen LogP contribution in [0, 0.1) is 5.92 Å². The molecule has 2 aromatic rings. The molecule has 3 rings (SSSR count). The van der Waals surface area contributed by atoms with Gasteiger partial charge in [-0.2, -0.15) is 0 Å². The Morgan fingerprint density at radius 3 is 2.38 bits per heavy atom. The average molecular weight is 490 g/mol. The zero-order valence-corrected chi connectivity index (χ0v) is 21.1. The number of likely N-dealkylation sites (tertiary alicyclic amines) is 1. The van der Waals surface area contributed by atoms with E-state index in [2.05, 4.69) is 11.8 Å². The predicted octanol–water partition coefficient (Wildman–Crippen LogP) is 4.48. The lowest BCUT2D eigenvalue weighted by Gasteiger charge is -2.30. The van der Waals surface area contributed by atoms with Crippen molar-refractivity contribution in [2.45, 2.75) is 55.9 Å². The number of ether oxygens (including phenoxy) is 3. The zero-order chi connectivity index (χ0) is 24.6. The molecule has 186 valence electrons.